The van der Waals surface area contributed by atoms with Gasteiger partial charge in [-0.1, -0.05) is 52.3 Å². The average Bonchev–Trinajstić information content (AvgIpc) is 3.40. The molecule has 8 heteroatoms. The lowest BCUT2D eigenvalue weighted by Gasteiger charge is -2.27. The zero-order valence-corrected chi connectivity index (χ0v) is 21.1. The van der Waals surface area contributed by atoms with E-state index < -0.39 is 46.9 Å². The number of carbonyl (C=O) groups is 4. The molecule has 2 amide bonds. The van der Waals surface area contributed by atoms with Crippen molar-refractivity contribution in [3.05, 3.63) is 97.5 Å². The quantitative estimate of drug-likeness (QED) is 0.233. The number of Topliss-reactive ketones (excluding diaryl/α,β-unsaturated/α-hetero) is 2. The molecule has 6 rings (SSSR count). The summed E-state index contributed by atoms with van der Waals surface area (Å²) in [5.74, 6) is -4.44. The lowest BCUT2D eigenvalue weighted by Crippen LogP contribution is -2.51. The molecule has 6 nitrogen and oxygen atoms in total. The van der Waals surface area contributed by atoms with Crippen LogP contribution in [-0.2, 0) is 14.3 Å². The van der Waals surface area contributed by atoms with Gasteiger partial charge in [0.25, 0.3) is 0 Å². The maximum atomic E-state index is 13.8. The Kier molecular flexibility index (Phi) is 4.91. The number of hydrogen-bond acceptors (Lipinski definition) is 5. The predicted molar refractivity (Wildman–Crippen MR) is 134 cm³/mol. The first kappa shape index (κ1) is 21.8. The molecule has 3 aromatic carbocycles. The molecule has 34 heavy (non-hydrogen) atoms. The van der Waals surface area contributed by atoms with Crippen LogP contribution in [0.3, 0.4) is 0 Å². The minimum Gasteiger partial charge on any atom is -0.349 e. The molecule has 0 aromatic heterocycles. The van der Waals surface area contributed by atoms with Gasteiger partial charge in [0, 0.05) is 19.2 Å². The van der Waals surface area contributed by atoms with Crippen molar-refractivity contribution in [3.63, 3.8) is 0 Å². The van der Waals surface area contributed by atoms with Crippen molar-refractivity contribution >= 4 is 67.6 Å². The molecule has 1 spiro atoms. The SMILES string of the molecule is O=C1[C@H]2[C@H](c3ccc(Br)cc3)OC3(C(=O)c4ccccc4C3=O)[C@H]2C(=O)N1c1ccc(I)cc1. The standard InChI is InChI=1S/C26H15BrINO5/c27-14-7-5-13(6-8-14)21-19-20(25(33)29(24(19)32)16-11-9-15(28)10-12-16)26(34-21)22(30)17-3-1-2-4-18(17)23(26)31/h1-12,19-21H/t19-,20-,21+/m1/s1. The molecular formula is C26H15BrINO5. The number of anilines is 1. The molecule has 0 saturated carbocycles. The van der Waals surface area contributed by atoms with Gasteiger partial charge in [0.05, 0.1) is 23.6 Å². The highest BCUT2D eigenvalue weighted by atomic mass is 127. The van der Waals surface area contributed by atoms with Crippen molar-refractivity contribution in [1.29, 1.82) is 0 Å². The summed E-state index contributed by atoms with van der Waals surface area (Å²) in [6, 6.07) is 20.6. The molecule has 0 radical (unpaired) electrons. The van der Waals surface area contributed by atoms with Crippen LogP contribution in [0.4, 0.5) is 5.69 Å². The molecule has 3 atom stereocenters. The molecule has 3 aromatic rings. The molecule has 0 N–H and O–H groups in total. The van der Waals surface area contributed by atoms with Crippen molar-refractivity contribution < 1.29 is 23.9 Å². The van der Waals surface area contributed by atoms with E-state index in [0.717, 1.165) is 12.9 Å². The zero-order chi connectivity index (χ0) is 23.8. The third kappa shape index (κ3) is 2.82. The maximum Gasteiger partial charge on any atom is 0.241 e. The van der Waals surface area contributed by atoms with E-state index in [0.29, 0.717) is 11.3 Å². The third-order valence-corrected chi connectivity index (χ3v) is 8.05. The van der Waals surface area contributed by atoms with E-state index in [1.807, 2.05) is 0 Å². The molecule has 3 aliphatic rings. The van der Waals surface area contributed by atoms with Crippen LogP contribution in [0.25, 0.3) is 0 Å². The smallest absolute Gasteiger partial charge is 0.241 e. The minimum atomic E-state index is -2.06. The Labute approximate surface area is 216 Å². The highest BCUT2D eigenvalue weighted by molar-refractivity contribution is 14.1. The van der Waals surface area contributed by atoms with Gasteiger partial charge >= 0.3 is 0 Å². The molecule has 2 fully saturated rings. The van der Waals surface area contributed by atoms with Crippen LogP contribution in [0.1, 0.15) is 32.4 Å². The number of amides is 2. The normalized spacial score (nSPS) is 24.8. The van der Waals surface area contributed by atoms with Gasteiger partial charge in [-0.2, -0.15) is 0 Å². The first-order valence-corrected chi connectivity index (χ1v) is 12.5. The molecule has 2 saturated heterocycles. The predicted octanol–water partition coefficient (Wildman–Crippen LogP) is 4.75. The van der Waals surface area contributed by atoms with Crippen molar-refractivity contribution in [1.82, 2.24) is 0 Å². The first-order chi connectivity index (χ1) is 16.3. The first-order valence-electron chi connectivity index (χ1n) is 10.6. The summed E-state index contributed by atoms with van der Waals surface area (Å²) < 4.78 is 8.05. The molecule has 2 heterocycles. The molecule has 2 aliphatic heterocycles. The van der Waals surface area contributed by atoms with Crippen molar-refractivity contribution in [2.24, 2.45) is 11.8 Å². The van der Waals surface area contributed by atoms with Crippen molar-refractivity contribution in [2.45, 2.75) is 11.7 Å². The number of rotatable bonds is 2. The maximum absolute atomic E-state index is 13.8. The van der Waals surface area contributed by atoms with Crippen LogP contribution in [-0.4, -0.2) is 29.0 Å². The number of carbonyl (C=O) groups excluding carboxylic acids is 4. The van der Waals surface area contributed by atoms with Crippen LogP contribution < -0.4 is 4.90 Å². The highest BCUT2D eigenvalue weighted by Crippen LogP contribution is 2.57. The number of benzene rings is 3. The van der Waals surface area contributed by atoms with Crippen LogP contribution in [0.5, 0.6) is 0 Å². The van der Waals surface area contributed by atoms with Gasteiger partial charge in [-0.25, -0.2) is 4.90 Å². The average molecular weight is 628 g/mol. The number of fused-ring (bicyclic) bond motifs is 3. The largest absolute Gasteiger partial charge is 0.349 e. The number of imide groups is 1. The Balaban J connectivity index is 1.54. The molecule has 168 valence electrons. The van der Waals surface area contributed by atoms with Gasteiger partial charge < -0.3 is 4.74 Å². The fourth-order valence-corrected chi connectivity index (χ4v) is 5.94. The topological polar surface area (TPSA) is 80.8 Å². The van der Waals surface area contributed by atoms with Crippen LogP contribution in [0, 0.1) is 15.4 Å². The van der Waals surface area contributed by atoms with E-state index in [4.69, 9.17) is 4.74 Å². The highest BCUT2D eigenvalue weighted by Gasteiger charge is 2.74. The van der Waals surface area contributed by atoms with E-state index >= 15 is 0 Å². The van der Waals surface area contributed by atoms with Gasteiger partial charge in [0.1, 0.15) is 0 Å². The number of ether oxygens (including phenoxy) is 1. The van der Waals surface area contributed by atoms with Crippen LogP contribution >= 0.6 is 38.5 Å². The number of halogens is 2. The van der Waals surface area contributed by atoms with Crippen LogP contribution in [0.15, 0.2) is 77.3 Å². The summed E-state index contributed by atoms with van der Waals surface area (Å²) in [5.41, 5.74) is -0.593. The second-order valence-corrected chi connectivity index (χ2v) is 10.7. The number of ketones is 2. The lowest BCUT2D eigenvalue weighted by molar-refractivity contribution is -0.127. The summed E-state index contributed by atoms with van der Waals surface area (Å²) in [6.45, 7) is 0. The summed E-state index contributed by atoms with van der Waals surface area (Å²) >= 11 is 5.54. The molecule has 0 bridgehead atoms. The fraction of sp³-hybridized carbons (Fsp3) is 0.154. The number of nitrogens with zero attached hydrogens (tertiary/aromatic N) is 1. The van der Waals surface area contributed by atoms with E-state index in [2.05, 4.69) is 38.5 Å². The van der Waals surface area contributed by atoms with E-state index in [1.165, 1.54) is 0 Å². The zero-order valence-electron chi connectivity index (χ0n) is 17.4. The number of hydrogen-bond donors (Lipinski definition) is 0. The monoisotopic (exact) mass is 627 g/mol. The summed E-state index contributed by atoms with van der Waals surface area (Å²) in [5, 5.41) is 0. The van der Waals surface area contributed by atoms with E-state index in [9.17, 15) is 19.2 Å². The Morgan fingerprint density at radius 3 is 1.97 bits per heavy atom. The Morgan fingerprint density at radius 2 is 1.38 bits per heavy atom. The molecule has 0 unspecified atom stereocenters. The van der Waals surface area contributed by atoms with Gasteiger partial charge in [0.15, 0.2) is 0 Å². The van der Waals surface area contributed by atoms with E-state index in [1.54, 1.807) is 72.8 Å². The molecule has 1 aliphatic carbocycles. The Bertz CT molecular complexity index is 1370. The lowest BCUT2D eigenvalue weighted by atomic mass is 9.77. The molecular weight excluding hydrogens is 613 g/mol. The minimum absolute atomic E-state index is 0.218. The Morgan fingerprint density at radius 1 is 0.794 bits per heavy atom. The second kappa shape index (κ2) is 7.66. The van der Waals surface area contributed by atoms with Gasteiger partial charge in [-0.3, -0.25) is 19.2 Å². The van der Waals surface area contributed by atoms with Gasteiger partial charge in [0.2, 0.25) is 29.0 Å². The van der Waals surface area contributed by atoms with Crippen LogP contribution in [0.2, 0.25) is 0 Å². The van der Waals surface area contributed by atoms with Gasteiger partial charge in [-0.05, 0) is 64.6 Å². The summed E-state index contributed by atoms with van der Waals surface area (Å²) in [4.78, 5) is 56.1. The Hall–Kier alpha value is -2.69. The van der Waals surface area contributed by atoms with E-state index in [-0.39, 0.29) is 11.1 Å². The fourth-order valence-electron chi connectivity index (χ4n) is 5.32. The van der Waals surface area contributed by atoms with Crippen molar-refractivity contribution in [3.8, 4) is 0 Å². The third-order valence-electron chi connectivity index (χ3n) is 6.80. The summed E-state index contributed by atoms with van der Waals surface area (Å²) in [6.07, 6.45) is -0.925. The van der Waals surface area contributed by atoms with Crippen molar-refractivity contribution in [2.75, 3.05) is 4.90 Å². The summed E-state index contributed by atoms with van der Waals surface area (Å²) in [7, 11) is 0. The van der Waals surface area contributed by atoms with Gasteiger partial charge in [-0.15, -0.1) is 0 Å². The second-order valence-electron chi connectivity index (χ2n) is 8.52.